The van der Waals surface area contributed by atoms with Gasteiger partial charge in [-0.1, -0.05) is 103 Å². The second kappa shape index (κ2) is 44.7. The van der Waals surface area contributed by atoms with E-state index in [4.69, 9.17) is 10.8 Å². The number of nitrogens with zero attached hydrogens (tertiary/aromatic N) is 6. The molecule has 337 valence electrons. The second-order valence-corrected chi connectivity index (χ2v) is 14.3. The molecule has 3 aromatic heterocycles. The number of aryl methyl sites for hydroxylation is 4. The van der Waals surface area contributed by atoms with Crippen molar-refractivity contribution < 1.29 is 102 Å². The van der Waals surface area contributed by atoms with Crippen LogP contribution in [-0.4, -0.2) is 48.6 Å². The first kappa shape index (κ1) is 61.9. The number of halogens is 3. The fourth-order valence-electron chi connectivity index (χ4n) is 6.33. The third kappa shape index (κ3) is 34.2. The van der Waals surface area contributed by atoms with Gasteiger partial charge in [0, 0.05) is 39.1 Å². The van der Waals surface area contributed by atoms with Gasteiger partial charge in [-0.05, 0) is 52.7 Å². The fourth-order valence-corrected chi connectivity index (χ4v) is 6.33. The van der Waals surface area contributed by atoms with Crippen molar-refractivity contribution in [3.8, 4) is 0 Å². The second-order valence-electron chi connectivity index (χ2n) is 14.3. The Bertz CT molecular complexity index is 1400. The maximum atomic E-state index is 10.9. The summed E-state index contributed by atoms with van der Waals surface area (Å²) in [7, 11) is 3.75. The minimum Gasteiger partial charge on any atom is -1.00 e. The van der Waals surface area contributed by atoms with Crippen LogP contribution < -0.4 is 64.6 Å². The van der Waals surface area contributed by atoms with Gasteiger partial charge in [-0.2, -0.15) is 0 Å². The standard InChI is InChI=1S/C31H53N2O4.C14H20N4.BH.3BrH.V/c1-3-30(34)36-27-21-17-13-9-5-7-11-15-19-23-32-25-26-33(29-32)24-20-16-12-8-6-10-14-18-22-28-37-31(35)4-2;1-3-15-9-11-17(13-15)7-5-6-8-18-12-10-16(4-2)14-18;;;;;/h3-4,25-26,29H,1-2,5-24,27-28H2;3-4,9-14H,1-2,5-8H2;4*1H;/q+1;+2;;;;;/p-3/i;;1D;;;;. The predicted molar refractivity (Wildman–Crippen MR) is 228 cm³/mol. The van der Waals surface area contributed by atoms with Gasteiger partial charge in [0.05, 0.1) is 51.8 Å². The van der Waals surface area contributed by atoms with Crippen molar-refractivity contribution in [2.75, 3.05) is 13.2 Å². The van der Waals surface area contributed by atoms with E-state index >= 15 is 0 Å². The summed E-state index contributed by atoms with van der Waals surface area (Å²) in [6.45, 7) is 19.6. The smallest absolute Gasteiger partial charge is 0.330 e. The molecule has 3 heterocycles. The third-order valence-corrected chi connectivity index (χ3v) is 9.62. The topological polar surface area (TPSA) is 79.0 Å². The van der Waals surface area contributed by atoms with E-state index in [0.29, 0.717) is 13.2 Å². The zero-order chi connectivity index (χ0) is 41.6. The van der Waals surface area contributed by atoms with Gasteiger partial charge >= 0.3 is 11.9 Å². The molecule has 3 rings (SSSR count). The molecule has 0 amide bonds. The van der Waals surface area contributed by atoms with Crippen LogP contribution in [-0.2, 0) is 63.8 Å². The molecule has 10 nitrogen and oxygen atoms in total. The van der Waals surface area contributed by atoms with Crippen molar-refractivity contribution in [3.05, 3.63) is 94.6 Å². The number of unbranched alkanes of at least 4 members (excludes halogenated alkanes) is 17. The molecule has 0 aliphatic rings. The molecular formula is C45H74BBr3N6O4V. The Hall–Kier alpha value is -2.38. The average Bonchev–Trinajstić information content (AvgIpc) is 4.03. The number of imidazole rings is 3. The normalized spacial score (nSPS) is 9.90. The Morgan fingerprint density at radius 1 is 0.500 bits per heavy atom. The van der Waals surface area contributed by atoms with Gasteiger partial charge in [-0.25, -0.2) is 37.0 Å². The third-order valence-electron chi connectivity index (χ3n) is 9.62. The molecule has 0 atom stereocenters. The monoisotopic (exact) mass is 1060 g/mol. The Morgan fingerprint density at radius 3 is 1.18 bits per heavy atom. The van der Waals surface area contributed by atoms with Crippen molar-refractivity contribution in [2.45, 2.75) is 155 Å². The molecule has 0 aromatic carbocycles. The van der Waals surface area contributed by atoms with Crippen molar-refractivity contribution in [1.29, 1.82) is 1.34 Å². The number of hydrogen-bond donors (Lipinski definition) is 0. The molecule has 0 N–H and O–H groups in total. The Labute approximate surface area is 409 Å². The molecule has 3 radical (unpaired) electrons. The zero-order valence-corrected chi connectivity index (χ0v) is 42.3. The molecular weight excluding hydrogens is 990 g/mol. The van der Waals surface area contributed by atoms with Gasteiger partial charge in [-0.3, -0.25) is 0 Å². The molecule has 60 heavy (non-hydrogen) atoms. The van der Waals surface area contributed by atoms with E-state index in [0.717, 1.165) is 64.7 Å². The number of ether oxygens (including phenoxy) is 2. The number of esters is 2. The van der Waals surface area contributed by atoms with Crippen LogP contribution in [0.5, 0.6) is 0 Å². The summed E-state index contributed by atoms with van der Waals surface area (Å²) < 4.78 is 28.2. The van der Waals surface area contributed by atoms with Crippen LogP contribution in [0.3, 0.4) is 0 Å². The number of rotatable bonds is 33. The van der Waals surface area contributed by atoms with Gasteiger partial charge in [0.1, 0.15) is 37.2 Å². The first-order valence-corrected chi connectivity index (χ1v) is 21.0. The fraction of sp³-hybridized carbons (Fsp3) is 0.578. The maximum absolute atomic E-state index is 10.9. The van der Waals surface area contributed by atoms with Crippen LogP contribution >= 0.6 is 0 Å². The van der Waals surface area contributed by atoms with Crippen LogP contribution in [0.1, 0.15) is 128 Å². The van der Waals surface area contributed by atoms with Crippen molar-refractivity contribution in [1.82, 2.24) is 13.7 Å². The summed E-state index contributed by atoms with van der Waals surface area (Å²) in [4.78, 5) is 21.9. The van der Waals surface area contributed by atoms with E-state index in [9.17, 15) is 9.59 Å². The maximum Gasteiger partial charge on any atom is 0.330 e. The Kier molecular flexibility index (Phi) is 46.1. The van der Waals surface area contributed by atoms with Gasteiger partial charge in [0.25, 0.3) is 0 Å². The molecule has 0 saturated heterocycles. The largest absolute Gasteiger partial charge is 1.00 e. The van der Waals surface area contributed by atoms with Gasteiger partial charge in [-0.15, -0.1) is 0 Å². The molecule has 0 bridgehead atoms. The first-order valence-electron chi connectivity index (χ1n) is 21.6. The summed E-state index contributed by atoms with van der Waals surface area (Å²) in [5, 5.41) is 0. The molecule has 0 aliphatic carbocycles. The molecule has 0 spiro atoms. The first-order chi connectivity index (χ1) is 28.0. The minimum atomic E-state index is -0.316. The van der Waals surface area contributed by atoms with Crippen molar-refractivity contribution in [2.24, 2.45) is 0 Å². The van der Waals surface area contributed by atoms with E-state index in [1.807, 2.05) is 34.2 Å². The molecule has 0 aliphatic heterocycles. The predicted octanol–water partition coefficient (Wildman–Crippen LogP) is -0.837. The molecule has 0 fully saturated rings. The average molecular weight is 1070 g/mol. The van der Waals surface area contributed by atoms with Crippen molar-refractivity contribution >= 4 is 32.7 Å². The number of hydrogen-bond acceptors (Lipinski definition) is 4. The van der Waals surface area contributed by atoms with Gasteiger partial charge in [0.2, 0.25) is 19.0 Å². The van der Waals surface area contributed by atoms with Crippen LogP contribution in [0, 0.1) is 0 Å². The van der Waals surface area contributed by atoms with Crippen LogP contribution in [0.15, 0.2) is 94.6 Å². The van der Waals surface area contributed by atoms with E-state index < -0.39 is 0 Å². The Balaban J connectivity index is -0.000000570. The molecule has 0 saturated carbocycles. The minimum absolute atomic E-state index is 0. The van der Waals surface area contributed by atoms with Crippen LogP contribution in [0.25, 0.3) is 12.4 Å². The summed E-state index contributed by atoms with van der Waals surface area (Å²) in [6, 6.07) is 0. The summed E-state index contributed by atoms with van der Waals surface area (Å²) >= 11 is 0. The number of carbonyl (C=O) groups is 2. The summed E-state index contributed by atoms with van der Waals surface area (Å²) in [5.74, 6) is -0.633. The number of carbonyl (C=O) groups excluding carboxylic acids is 2. The molecule has 3 aromatic rings. The van der Waals surface area contributed by atoms with Gasteiger partial charge < -0.3 is 60.4 Å². The van der Waals surface area contributed by atoms with Gasteiger partial charge in [0.15, 0.2) is 0 Å². The summed E-state index contributed by atoms with van der Waals surface area (Å²) in [6.07, 6.45) is 49.5. The quantitative estimate of drug-likeness (QED) is 0.0263. The van der Waals surface area contributed by atoms with E-state index in [1.165, 1.54) is 102 Å². The zero-order valence-electron chi connectivity index (χ0n) is 37.2. The number of aromatic nitrogens is 6. The van der Waals surface area contributed by atoms with E-state index in [2.05, 4.69) is 84.1 Å². The van der Waals surface area contributed by atoms with E-state index in [1.54, 1.807) is 12.4 Å². The van der Waals surface area contributed by atoms with Crippen LogP contribution in [0.4, 0.5) is 0 Å². The molecule has 0 unspecified atom stereocenters. The molecule has 15 heteroatoms. The van der Waals surface area contributed by atoms with Crippen molar-refractivity contribution in [3.63, 3.8) is 0 Å². The van der Waals surface area contributed by atoms with Crippen LogP contribution in [0.2, 0.25) is 0 Å². The van der Waals surface area contributed by atoms with E-state index in [-0.39, 0.29) is 81.4 Å². The Morgan fingerprint density at radius 2 is 0.817 bits per heavy atom. The SMILES string of the molecule is C=CC(=O)OCCCCCCCCCCCn1cc[n+](CCCCCCCCCCCOC(=O)C=C)c1.C=Cn1cc[n+](CCCC[n+]2ccn(C=C)c2)c1.[2H][B].[Br-].[Br-].[Br-].[V]. The summed E-state index contributed by atoms with van der Waals surface area (Å²) in [5.41, 5.74) is 0.